The fraction of sp³-hybridized carbons (Fsp3) is 0.238. The Balaban J connectivity index is 1.84. The Morgan fingerprint density at radius 2 is 2.00 bits per heavy atom. The molecular formula is C21H21ClFN3O2. The van der Waals surface area contributed by atoms with E-state index in [0.717, 1.165) is 5.56 Å². The molecule has 2 aromatic carbocycles. The SMILES string of the molecule is Cc1onc(-c2ccccc2Cl)c1C(=O)NCC(c1cccc(F)c1)N(C)C. The summed E-state index contributed by atoms with van der Waals surface area (Å²) >= 11 is 6.25. The molecule has 7 heteroatoms. The molecular weight excluding hydrogens is 381 g/mol. The number of benzene rings is 2. The van der Waals surface area contributed by atoms with Crippen molar-refractivity contribution in [3.8, 4) is 11.3 Å². The fourth-order valence-electron chi connectivity index (χ4n) is 3.07. The van der Waals surface area contributed by atoms with Crippen molar-refractivity contribution in [2.45, 2.75) is 13.0 Å². The van der Waals surface area contributed by atoms with Gasteiger partial charge in [-0.15, -0.1) is 0 Å². The van der Waals surface area contributed by atoms with Crippen molar-refractivity contribution in [2.24, 2.45) is 0 Å². The van der Waals surface area contributed by atoms with Gasteiger partial charge in [-0.1, -0.05) is 47.1 Å². The summed E-state index contributed by atoms with van der Waals surface area (Å²) in [6.45, 7) is 1.97. The van der Waals surface area contributed by atoms with Gasteiger partial charge in [0, 0.05) is 12.1 Å². The van der Waals surface area contributed by atoms with Gasteiger partial charge in [-0.3, -0.25) is 4.79 Å². The minimum absolute atomic E-state index is 0.191. The number of hydrogen-bond acceptors (Lipinski definition) is 4. The van der Waals surface area contributed by atoms with E-state index >= 15 is 0 Å². The monoisotopic (exact) mass is 401 g/mol. The third-order valence-corrected chi connectivity index (χ3v) is 4.86. The zero-order valence-corrected chi connectivity index (χ0v) is 16.6. The maximum Gasteiger partial charge on any atom is 0.257 e. The molecule has 0 spiro atoms. The Kier molecular flexibility index (Phi) is 6.11. The van der Waals surface area contributed by atoms with Gasteiger partial charge < -0.3 is 14.7 Å². The third kappa shape index (κ3) is 4.24. The molecule has 0 aliphatic heterocycles. The van der Waals surface area contributed by atoms with Crippen LogP contribution in [0, 0.1) is 12.7 Å². The van der Waals surface area contributed by atoms with Crippen molar-refractivity contribution >= 4 is 17.5 Å². The Morgan fingerprint density at radius 1 is 1.25 bits per heavy atom. The van der Waals surface area contributed by atoms with Crippen molar-refractivity contribution < 1.29 is 13.7 Å². The highest BCUT2D eigenvalue weighted by molar-refractivity contribution is 6.33. The van der Waals surface area contributed by atoms with Crippen LogP contribution >= 0.6 is 11.6 Å². The molecule has 5 nitrogen and oxygen atoms in total. The molecule has 1 atom stereocenters. The first kappa shape index (κ1) is 20.0. The molecule has 1 unspecified atom stereocenters. The van der Waals surface area contributed by atoms with Gasteiger partial charge in [-0.25, -0.2) is 4.39 Å². The Labute approximate surface area is 168 Å². The Morgan fingerprint density at radius 3 is 2.68 bits per heavy atom. The van der Waals surface area contributed by atoms with Gasteiger partial charge in [0.05, 0.1) is 11.1 Å². The predicted octanol–water partition coefficient (Wildman–Crippen LogP) is 4.48. The molecule has 0 saturated carbocycles. The van der Waals surface area contributed by atoms with Crippen LogP contribution in [-0.2, 0) is 0 Å². The second-order valence-corrected chi connectivity index (χ2v) is 7.09. The number of halogens is 2. The molecule has 0 aliphatic carbocycles. The minimum Gasteiger partial charge on any atom is -0.360 e. The highest BCUT2D eigenvalue weighted by atomic mass is 35.5. The first-order valence-corrected chi connectivity index (χ1v) is 9.17. The van der Waals surface area contributed by atoms with E-state index in [4.69, 9.17) is 16.1 Å². The number of nitrogens with zero attached hydrogens (tertiary/aromatic N) is 2. The highest BCUT2D eigenvalue weighted by Gasteiger charge is 2.24. The van der Waals surface area contributed by atoms with Crippen molar-refractivity contribution in [1.29, 1.82) is 0 Å². The highest BCUT2D eigenvalue weighted by Crippen LogP contribution is 2.31. The molecule has 0 fully saturated rings. The Bertz CT molecular complexity index is 987. The van der Waals surface area contributed by atoms with Crippen LogP contribution in [0.3, 0.4) is 0 Å². The molecule has 1 N–H and O–H groups in total. The number of likely N-dealkylation sites (N-methyl/N-ethyl adjacent to an activating group) is 1. The summed E-state index contributed by atoms with van der Waals surface area (Å²) in [7, 11) is 3.75. The van der Waals surface area contributed by atoms with E-state index in [-0.39, 0.29) is 17.8 Å². The molecule has 3 aromatic rings. The van der Waals surface area contributed by atoms with Crippen molar-refractivity contribution in [3.63, 3.8) is 0 Å². The number of aryl methyl sites for hydroxylation is 1. The van der Waals surface area contributed by atoms with Gasteiger partial charge in [0.1, 0.15) is 22.8 Å². The van der Waals surface area contributed by atoms with Gasteiger partial charge in [0.25, 0.3) is 5.91 Å². The first-order valence-electron chi connectivity index (χ1n) is 8.79. The zero-order valence-electron chi connectivity index (χ0n) is 15.9. The summed E-state index contributed by atoms with van der Waals surface area (Å²) in [6.07, 6.45) is 0. The van der Waals surface area contributed by atoms with Crippen LogP contribution in [-0.4, -0.2) is 36.6 Å². The predicted molar refractivity (Wildman–Crippen MR) is 107 cm³/mol. The maximum atomic E-state index is 13.6. The van der Waals surface area contributed by atoms with E-state index in [1.807, 2.05) is 31.1 Å². The number of carbonyl (C=O) groups excluding carboxylic acids is 1. The van der Waals surface area contributed by atoms with Gasteiger partial charge in [0.15, 0.2) is 0 Å². The fourth-order valence-corrected chi connectivity index (χ4v) is 3.29. The molecule has 0 aliphatic rings. The summed E-state index contributed by atoms with van der Waals surface area (Å²) in [5.41, 5.74) is 2.14. The molecule has 0 bridgehead atoms. The second kappa shape index (κ2) is 8.54. The average Bonchev–Trinajstić information content (AvgIpc) is 3.03. The second-order valence-electron chi connectivity index (χ2n) is 6.69. The van der Waals surface area contributed by atoms with E-state index in [9.17, 15) is 9.18 Å². The van der Waals surface area contributed by atoms with Crippen LogP contribution in [0.25, 0.3) is 11.3 Å². The molecule has 3 rings (SSSR count). The van der Waals surface area contributed by atoms with Crippen molar-refractivity contribution in [3.05, 3.63) is 76.3 Å². The zero-order chi connectivity index (χ0) is 20.3. The van der Waals surface area contributed by atoms with E-state index in [0.29, 0.717) is 34.1 Å². The van der Waals surface area contributed by atoms with Crippen LogP contribution in [0.1, 0.15) is 27.7 Å². The average molecular weight is 402 g/mol. The number of amides is 1. The number of aromatic nitrogens is 1. The summed E-state index contributed by atoms with van der Waals surface area (Å²) in [6, 6.07) is 13.3. The quantitative estimate of drug-likeness (QED) is 0.661. The van der Waals surface area contributed by atoms with Crippen LogP contribution in [0.15, 0.2) is 53.1 Å². The molecule has 1 amide bonds. The largest absolute Gasteiger partial charge is 0.360 e. The van der Waals surface area contributed by atoms with E-state index in [1.54, 1.807) is 31.2 Å². The standard InChI is InChI=1S/C21H21ClFN3O2/c1-13-19(20(25-28-13)16-9-4-5-10-17(16)22)21(27)24-12-18(26(2)3)14-7-6-8-15(23)11-14/h4-11,18H,12H2,1-3H3,(H,24,27). The molecule has 1 heterocycles. The van der Waals surface area contributed by atoms with Gasteiger partial charge in [-0.05, 0) is 44.8 Å². The lowest BCUT2D eigenvalue weighted by Crippen LogP contribution is -2.34. The lowest BCUT2D eigenvalue weighted by atomic mass is 10.0. The molecule has 0 saturated heterocycles. The molecule has 0 radical (unpaired) electrons. The van der Waals surface area contributed by atoms with Crippen molar-refractivity contribution in [1.82, 2.24) is 15.4 Å². The maximum absolute atomic E-state index is 13.6. The van der Waals surface area contributed by atoms with Crippen LogP contribution in [0.4, 0.5) is 4.39 Å². The van der Waals surface area contributed by atoms with Crippen LogP contribution in [0.2, 0.25) is 5.02 Å². The molecule has 28 heavy (non-hydrogen) atoms. The summed E-state index contributed by atoms with van der Waals surface area (Å²) < 4.78 is 18.9. The lowest BCUT2D eigenvalue weighted by Gasteiger charge is -2.25. The summed E-state index contributed by atoms with van der Waals surface area (Å²) in [5, 5.41) is 7.41. The van der Waals surface area contributed by atoms with Crippen molar-refractivity contribution in [2.75, 3.05) is 20.6 Å². The van der Waals surface area contributed by atoms with E-state index in [2.05, 4.69) is 10.5 Å². The van der Waals surface area contributed by atoms with Crippen LogP contribution in [0.5, 0.6) is 0 Å². The van der Waals surface area contributed by atoms with Crippen LogP contribution < -0.4 is 5.32 Å². The van der Waals surface area contributed by atoms with Gasteiger partial charge in [0.2, 0.25) is 0 Å². The number of rotatable bonds is 6. The lowest BCUT2D eigenvalue weighted by molar-refractivity contribution is 0.0941. The van der Waals surface area contributed by atoms with E-state index < -0.39 is 0 Å². The summed E-state index contributed by atoms with van der Waals surface area (Å²) in [5.74, 6) is -0.233. The van der Waals surface area contributed by atoms with E-state index in [1.165, 1.54) is 12.1 Å². The minimum atomic E-state index is -0.322. The number of carbonyl (C=O) groups is 1. The third-order valence-electron chi connectivity index (χ3n) is 4.53. The van der Waals surface area contributed by atoms with Gasteiger partial charge >= 0.3 is 0 Å². The smallest absolute Gasteiger partial charge is 0.257 e. The normalized spacial score (nSPS) is 12.2. The number of nitrogens with one attached hydrogen (secondary N) is 1. The Hall–Kier alpha value is -2.70. The van der Waals surface area contributed by atoms with Gasteiger partial charge in [-0.2, -0.15) is 0 Å². The molecule has 146 valence electrons. The summed E-state index contributed by atoms with van der Waals surface area (Å²) in [4.78, 5) is 14.8. The topological polar surface area (TPSA) is 58.4 Å². The molecule has 1 aromatic heterocycles. The first-order chi connectivity index (χ1) is 13.4. The number of hydrogen-bond donors (Lipinski definition) is 1.